The van der Waals surface area contributed by atoms with Crippen LogP contribution in [-0.2, 0) is 9.47 Å². The second-order valence-electron chi connectivity index (χ2n) is 9.38. The number of nitrogens with zero attached hydrogens (tertiary/aromatic N) is 3. The smallest absolute Gasteiger partial charge is 0.337 e. The zero-order valence-corrected chi connectivity index (χ0v) is 22.3. The highest BCUT2D eigenvalue weighted by Crippen LogP contribution is 2.43. The molecule has 8 nitrogen and oxygen atoms in total. The van der Waals surface area contributed by atoms with Gasteiger partial charge in [0, 0.05) is 36.2 Å². The van der Waals surface area contributed by atoms with Gasteiger partial charge < -0.3 is 29.0 Å². The van der Waals surface area contributed by atoms with E-state index >= 15 is 0 Å². The van der Waals surface area contributed by atoms with Crippen molar-refractivity contribution in [1.82, 2.24) is 10.3 Å². The average molecular weight is 541 g/mol. The van der Waals surface area contributed by atoms with Crippen LogP contribution in [0, 0.1) is 0 Å². The molecule has 2 aromatic carbocycles. The van der Waals surface area contributed by atoms with E-state index in [1.54, 1.807) is 18.3 Å². The highest BCUT2D eigenvalue weighted by Gasteiger charge is 2.42. The summed E-state index contributed by atoms with van der Waals surface area (Å²) in [4.78, 5) is 20.9. The van der Waals surface area contributed by atoms with Gasteiger partial charge in [0.1, 0.15) is 17.6 Å². The summed E-state index contributed by atoms with van der Waals surface area (Å²) in [5.41, 5.74) is 4.35. The predicted octanol–water partition coefficient (Wildman–Crippen LogP) is 5.14. The van der Waals surface area contributed by atoms with E-state index in [0.717, 1.165) is 54.7 Å². The monoisotopic (exact) mass is 540 g/mol. The number of benzene rings is 2. The normalized spacial score (nSPS) is 19.2. The van der Waals surface area contributed by atoms with Crippen LogP contribution in [-0.4, -0.2) is 49.5 Å². The third kappa shape index (κ3) is 4.98. The van der Waals surface area contributed by atoms with Crippen LogP contribution in [0.2, 0.25) is 0 Å². The van der Waals surface area contributed by atoms with Crippen LogP contribution >= 0.6 is 12.2 Å². The van der Waals surface area contributed by atoms with Crippen molar-refractivity contribution in [3.05, 3.63) is 102 Å². The molecule has 9 heteroatoms. The van der Waals surface area contributed by atoms with E-state index in [1.807, 2.05) is 42.5 Å². The van der Waals surface area contributed by atoms with Gasteiger partial charge in [-0.2, -0.15) is 0 Å². The molecular formula is C30H28N4O4S. The number of rotatable bonds is 6. The zero-order valence-electron chi connectivity index (χ0n) is 21.4. The first-order valence-corrected chi connectivity index (χ1v) is 13.2. The number of pyridine rings is 1. The van der Waals surface area contributed by atoms with Gasteiger partial charge >= 0.3 is 5.97 Å². The van der Waals surface area contributed by atoms with Crippen LogP contribution < -0.4 is 15.1 Å². The topological polar surface area (TPSA) is 80.1 Å². The van der Waals surface area contributed by atoms with Crippen LogP contribution in [0.5, 0.6) is 0 Å². The molecule has 0 radical (unpaired) electrons. The van der Waals surface area contributed by atoms with E-state index in [-0.39, 0.29) is 18.1 Å². The molecule has 4 aromatic rings. The van der Waals surface area contributed by atoms with E-state index in [2.05, 4.69) is 44.4 Å². The van der Waals surface area contributed by atoms with Gasteiger partial charge in [0.15, 0.2) is 5.11 Å². The summed E-state index contributed by atoms with van der Waals surface area (Å²) in [7, 11) is 1.37. The van der Waals surface area contributed by atoms with Crippen LogP contribution in [0.25, 0.3) is 11.3 Å². The molecule has 0 amide bonds. The lowest BCUT2D eigenvalue weighted by molar-refractivity contribution is 0.0600. The molecule has 2 aliphatic heterocycles. The lowest BCUT2D eigenvalue weighted by Gasteiger charge is -2.30. The highest BCUT2D eigenvalue weighted by atomic mass is 32.1. The highest BCUT2D eigenvalue weighted by molar-refractivity contribution is 7.80. The summed E-state index contributed by atoms with van der Waals surface area (Å²) >= 11 is 5.86. The number of nitrogens with one attached hydrogen (secondary N) is 1. The van der Waals surface area contributed by atoms with Crippen molar-refractivity contribution in [3.63, 3.8) is 0 Å². The number of esters is 1. The Bertz CT molecular complexity index is 1450. The Morgan fingerprint density at radius 1 is 0.974 bits per heavy atom. The molecule has 0 saturated carbocycles. The van der Waals surface area contributed by atoms with Crippen molar-refractivity contribution in [3.8, 4) is 11.3 Å². The summed E-state index contributed by atoms with van der Waals surface area (Å²) in [5, 5.41) is 4.08. The van der Waals surface area contributed by atoms with Crippen molar-refractivity contribution in [2.75, 3.05) is 43.2 Å². The van der Waals surface area contributed by atoms with E-state index in [4.69, 9.17) is 26.1 Å². The maximum atomic E-state index is 11.8. The van der Waals surface area contributed by atoms with Crippen molar-refractivity contribution in [2.45, 2.75) is 12.1 Å². The second-order valence-corrected chi connectivity index (χ2v) is 9.77. The number of thiocarbonyl (C=S) groups is 1. The SMILES string of the molecule is COC(=O)c1ccc(-c2ccc(C3C(c4ccccn4)NC(=S)N3c3ccc(N4CCOCC4)cc3)o2)cc1. The molecule has 2 saturated heterocycles. The molecule has 2 fully saturated rings. The van der Waals surface area contributed by atoms with Gasteiger partial charge in [0.2, 0.25) is 0 Å². The number of methoxy groups -OCH3 is 1. The number of hydrogen-bond acceptors (Lipinski definition) is 7. The standard InChI is InChI=1S/C30H28N4O4S/c1-36-29(35)21-7-5-20(6-8-21)25-13-14-26(38-25)28-27(24-4-2-3-15-31-24)32-30(39)34(28)23-11-9-22(10-12-23)33-16-18-37-19-17-33/h2-15,27-28H,16-19H2,1H3,(H,32,39). The zero-order chi connectivity index (χ0) is 26.8. The minimum Gasteiger partial charge on any atom is -0.465 e. The Balaban J connectivity index is 1.34. The maximum Gasteiger partial charge on any atom is 0.337 e. The van der Waals surface area contributed by atoms with Gasteiger partial charge in [-0.1, -0.05) is 18.2 Å². The van der Waals surface area contributed by atoms with E-state index in [0.29, 0.717) is 16.4 Å². The van der Waals surface area contributed by atoms with Gasteiger partial charge in [0.05, 0.1) is 37.6 Å². The summed E-state index contributed by atoms with van der Waals surface area (Å²) in [6, 6.07) is 24.9. The fourth-order valence-corrected chi connectivity index (χ4v) is 5.47. The minimum atomic E-state index is -0.374. The largest absolute Gasteiger partial charge is 0.465 e. The van der Waals surface area contributed by atoms with Gasteiger partial charge in [-0.3, -0.25) is 4.98 Å². The lowest BCUT2D eigenvalue weighted by Crippen LogP contribution is -2.36. The summed E-state index contributed by atoms with van der Waals surface area (Å²) in [6.45, 7) is 3.23. The molecular weight excluding hydrogens is 512 g/mol. The molecule has 2 unspecified atom stereocenters. The molecule has 39 heavy (non-hydrogen) atoms. The summed E-state index contributed by atoms with van der Waals surface area (Å²) < 4.78 is 16.8. The number of ether oxygens (including phenoxy) is 2. The van der Waals surface area contributed by atoms with Crippen LogP contribution in [0.15, 0.2) is 89.5 Å². The molecule has 198 valence electrons. The van der Waals surface area contributed by atoms with E-state index in [9.17, 15) is 4.79 Å². The molecule has 0 aliphatic carbocycles. The van der Waals surface area contributed by atoms with E-state index < -0.39 is 0 Å². The van der Waals surface area contributed by atoms with Gasteiger partial charge in [-0.25, -0.2) is 4.79 Å². The van der Waals surface area contributed by atoms with Crippen LogP contribution in [0.4, 0.5) is 11.4 Å². The van der Waals surface area contributed by atoms with Crippen molar-refractivity contribution < 1.29 is 18.7 Å². The minimum absolute atomic E-state index is 0.210. The third-order valence-electron chi connectivity index (χ3n) is 7.11. The van der Waals surface area contributed by atoms with Crippen molar-refractivity contribution in [1.29, 1.82) is 0 Å². The van der Waals surface area contributed by atoms with Crippen LogP contribution in [0.3, 0.4) is 0 Å². The maximum absolute atomic E-state index is 11.8. The lowest BCUT2D eigenvalue weighted by atomic mass is 10.0. The number of aromatic nitrogens is 1. The number of morpholine rings is 1. The molecule has 2 atom stereocenters. The molecule has 2 aliphatic rings. The fraction of sp³-hybridized carbons (Fsp3) is 0.233. The molecule has 4 heterocycles. The van der Waals surface area contributed by atoms with Gasteiger partial charge in [-0.15, -0.1) is 0 Å². The van der Waals surface area contributed by atoms with Gasteiger partial charge in [-0.05, 0) is 72.9 Å². The predicted molar refractivity (Wildman–Crippen MR) is 153 cm³/mol. The van der Waals surface area contributed by atoms with Crippen LogP contribution in [0.1, 0.15) is 33.9 Å². The Morgan fingerprint density at radius 2 is 1.72 bits per heavy atom. The second kappa shape index (κ2) is 10.9. The number of hydrogen-bond donors (Lipinski definition) is 1. The Hall–Kier alpha value is -4.21. The third-order valence-corrected chi connectivity index (χ3v) is 7.43. The number of furan rings is 1. The fourth-order valence-electron chi connectivity index (χ4n) is 5.12. The Kier molecular flexibility index (Phi) is 7.00. The molecule has 1 N–H and O–H groups in total. The van der Waals surface area contributed by atoms with Gasteiger partial charge in [0.25, 0.3) is 0 Å². The first kappa shape index (κ1) is 25.1. The van der Waals surface area contributed by atoms with Crippen molar-refractivity contribution >= 4 is 34.7 Å². The molecule has 0 spiro atoms. The molecule has 0 bridgehead atoms. The number of anilines is 2. The van der Waals surface area contributed by atoms with Crippen molar-refractivity contribution in [2.24, 2.45) is 0 Å². The summed E-state index contributed by atoms with van der Waals surface area (Å²) in [5.74, 6) is 1.07. The Morgan fingerprint density at radius 3 is 2.41 bits per heavy atom. The number of carbonyl (C=O) groups excluding carboxylic acids is 1. The number of carbonyl (C=O) groups is 1. The van der Waals surface area contributed by atoms with E-state index in [1.165, 1.54) is 7.11 Å². The average Bonchev–Trinajstić information content (AvgIpc) is 3.62. The molecule has 2 aromatic heterocycles. The first-order chi connectivity index (χ1) is 19.1. The first-order valence-electron chi connectivity index (χ1n) is 12.8. The quantitative estimate of drug-likeness (QED) is 0.264. The molecule has 6 rings (SSSR count). The summed E-state index contributed by atoms with van der Waals surface area (Å²) in [6.07, 6.45) is 1.79. The Labute approximate surface area is 232 Å².